The Labute approximate surface area is 117 Å². The van der Waals surface area contributed by atoms with Crippen LogP contribution in [-0.2, 0) is 15.7 Å². The summed E-state index contributed by atoms with van der Waals surface area (Å²) in [6, 6.07) is 1.43. The molecule has 0 atom stereocenters. The Hall–Kier alpha value is -1.76. The summed E-state index contributed by atoms with van der Waals surface area (Å²) in [7, 11) is 1.02. The van der Waals surface area contributed by atoms with E-state index in [2.05, 4.69) is 9.47 Å². The first-order valence-electron chi connectivity index (χ1n) is 5.38. The molecule has 0 amide bonds. The number of carbonyl (C=O) groups excluding carboxylic acids is 2. The van der Waals surface area contributed by atoms with E-state index < -0.39 is 39.8 Å². The minimum absolute atomic E-state index is 0.0689. The van der Waals surface area contributed by atoms with E-state index in [4.69, 9.17) is 11.6 Å². The van der Waals surface area contributed by atoms with Gasteiger partial charge in [0.15, 0.2) is 0 Å². The number of methoxy groups -OCH3 is 1. The lowest BCUT2D eigenvalue weighted by Crippen LogP contribution is -2.19. The quantitative estimate of drug-likeness (QED) is 0.487. The normalized spacial score (nSPS) is 11.1. The number of hydrogen-bond acceptors (Lipinski definition) is 4. The average Bonchev–Trinajstić information content (AvgIpc) is 2.36. The van der Waals surface area contributed by atoms with Crippen LogP contribution in [0, 0.1) is 0 Å². The Morgan fingerprint density at radius 1 is 1.30 bits per heavy atom. The fourth-order valence-corrected chi connectivity index (χ4v) is 1.75. The van der Waals surface area contributed by atoms with Crippen LogP contribution in [0.4, 0.5) is 13.2 Å². The Kier molecular flexibility index (Phi) is 4.99. The molecule has 0 spiro atoms. The van der Waals surface area contributed by atoms with Gasteiger partial charge in [-0.1, -0.05) is 11.6 Å². The van der Waals surface area contributed by atoms with Gasteiger partial charge in [-0.3, -0.25) is 4.79 Å². The van der Waals surface area contributed by atoms with Gasteiger partial charge in [-0.05, 0) is 19.1 Å². The fourth-order valence-electron chi connectivity index (χ4n) is 1.46. The lowest BCUT2D eigenvalue weighted by Gasteiger charge is -2.14. The molecule has 1 aromatic carbocycles. The number of rotatable bonds is 4. The molecule has 0 aliphatic heterocycles. The zero-order valence-electron chi connectivity index (χ0n) is 10.5. The van der Waals surface area contributed by atoms with E-state index in [1.165, 1.54) is 6.92 Å². The number of Topliss-reactive ketones (excluding diaryl/α,β-unsaturated/α-hetero) is 1. The predicted molar refractivity (Wildman–Crippen MR) is 64.0 cm³/mol. The van der Waals surface area contributed by atoms with Gasteiger partial charge in [-0.25, -0.2) is 4.79 Å². The smallest absolute Gasteiger partial charge is 0.420 e. The summed E-state index contributed by atoms with van der Waals surface area (Å²) in [5.74, 6) is -3.07. The summed E-state index contributed by atoms with van der Waals surface area (Å²) >= 11 is 5.64. The summed E-state index contributed by atoms with van der Waals surface area (Å²) < 4.78 is 47.5. The molecule has 0 aromatic heterocycles. The summed E-state index contributed by atoms with van der Waals surface area (Å²) in [5, 5.41) is -0.421. The molecule has 0 aliphatic rings. The molecular weight excluding hydrogens is 301 g/mol. The minimum Gasteiger partial charge on any atom is -0.495 e. The standard InChI is InChI=1S/C12H10ClF3O4/c1-3-20-11(18)9(17)6-4-7(12(14,15)16)10(19-2)8(13)5-6/h4-5H,3H2,1-2H3. The van der Waals surface area contributed by atoms with Crippen molar-refractivity contribution in [2.75, 3.05) is 13.7 Å². The summed E-state index contributed by atoms with van der Waals surface area (Å²) in [4.78, 5) is 22.9. The third-order valence-corrected chi connectivity index (χ3v) is 2.56. The maximum atomic E-state index is 12.8. The second-order valence-electron chi connectivity index (χ2n) is 3.59. The first-order chi connectivity index (χ1) is 9.22. The van der Waals surface area contributed by atoms with Crippen molar-refractivity contribution in [1.82, 2.24) is 0 Å². The van der Waals surface area contributed by atoms with Crippen LogP contribution in [0.5, 0.6) is 5.75 Å². The molecule has 0 radical (unpaired) electrons. The number of hydrogen-bond donors (Lipinski definition) is 0. The summed E-state index contributed by atoms with van der Waals surface area (Å²) in [5.41, 5.74) is -1.75. The molecule has 4 nitrogen and oxygen atoms in total. The van der Waals surface area contributed by atoms with Gasteiger partial charge >= 0.3 is 12.1 Å². The van der Waals surface area contributed by atoms with E-state index in [-0.39, 0.29) is 6.61 Å². The van der Waals surface area contributed by atoms with Crippen LogP contribution in [0.1, 0.15) is 22.8 Å². The summed E-state index contributed by atoms with van der Waals surface area (Å²) in [6.45, 7) is 1.40. The van der Waals surface area contributed by atoms with Crippen LogP contribution in [-0.4, -0.2) is 25.5 Å². The van der Waals surface area contributed by atoms with Crippen molar-refractivity contribution >= 4 is 23.4 Å². The first kappa shape index (κ1) is 16.3. The number of alkyl halides is 3. The van der Waals surface area contributed by atoms with Crippen molar-refractivity contribution < 1.29 is 32.2 Å². The van der Waals surface area contributed by atoms with E-state index in [1.807, 2.05) is 0 Å². The zero-order chi connectivity index (χ0) is 15.5. The lowest BCUT2D eigenvalue weighted by atomic mass is 10.1. The van der Waals surface area contributed by atoms with Crippen molar-refractivity contribution in [3.8, 4) is 5.75 Å². The Morgan fingerprint density at radius 2 is 1.90 bits per heavy atom. The Balaban J connectivity index is 3.35. The highest BCUT2D eigenvalue weighted by molar-refractivity contribution is 6.41. The molecule has 0 N–H and O–H groups in total. The topological polar surface area (TPSA) is 52.6 Å². The number of benzene rings is 1. The number of carbonyl (C=O) groups is 2. The van der Waals surface area contributed by atoms with Gasteiger partial charge in [-0.2, -0.15) is 13.2 Å². The van der Waals surface area contributed by atoms with E-state index in [1.54, 1.807) is 0 Å². The van der Waals surface area contributed by atoms with Crippen LogP contribution < -0.4 is 4.74 Å². The molecule has 0 bridgehead atoms. The van der Waals surface area contributed by atoms with Crippen molar-refractivity contribution in [3.05, 3.63) is 28.3 Å². The second kappa shape index (κ2) is 6.13. The second-order valence-corrected chi connectivity index (χ2v) is 3.99. The maximum Gasteiger partial charge on any atom is 0.420 e. The summed E-state index contributed by atoms with van der Waals surface area (Å²) in [6.07, 6.45) is -4.78. The SMILES string of the molecule is CCOC(=O)C(=O)c1cc(Cl)c(OC)c(C(F)(F)F)c1. The number of esters is 1. The lowest BCUT2D eigenvalue weighted by molar-refractivity contribution is -0.139. The zero-order valence-corrected chi connectivity index (χ0v) is 11.3. The molecule has 0 aliphatic carbocycles. The van der Waals surface area contributed by atoms with Gasteiger partial charge in [0.1, 0.15) is 5.75 Å². The Morgan fingerprint density at radius 3 is 2.35 bits per heavy atom. The van der Waals surface area contributed by atoms with Crippen molar-refractivity contribution in [1.29, 1.82) is 0 Å². The van der Waals surface area contributed by atoms with Crippen molar-refractivity contribution in [3.63, 3.8) is 0 Å². The van der Waals surface area contributed by atoms with E-state index in [9.17, 15) is 22.8 Å². The highest BCUT2D eigenvalue weighted by atomic mass is 35.5. The van der Waals surface area contributed by atoms with Crippen LogP contribution in [0.25, 0.3) is 0 Å². The molecule has 8 heteroatoms. The first-order valence-corrected chi connectivity index (χ1v) is 5.76. The molecule has 0 saturated carbocycles. The molecule has 0 unspecified atom stereocenters. The number of ether oxygens (including phenoxy) is 2. The van der Waals surface area contributed by atoms with Crippen LogP contribution in [0.3, 0.4) is 0 Å². The van der Waals surface area contributed by atoms with Crippen LogP contribution in [0.15, 0.2) is 12.1 Å². The van der Waals surface area contributed by atoms with E-state index >= 15 is 0 Å². The average molecular weight is 311 g/mol. The fraction of sp³-hybridized carbons (Fsp3) is 0.333. The van der Waals surface area contributed by atoms with Crippen LogP contribution >= 0.6 is 11.6 Å². The largest absolute Gasteiger partial charge is 0.495 e. The van der Waals surface area contributed by atoms with E-state index in [0.29, 0.717) is 6.07 Å². The van der Waals surface area contributed by atoms with Gasteiger partial charge in [0.2, 0.25) is 0 Å². The molecule has 0 saturated heterocycles. The van der Waals surface area contributed by atoms with Crippen molar-refractivity contribution in [2.24, 2.45) is 0 Å². The monoisotopic (exact) mass is 310 g/mol. The molecule has 1 rings (SSSR count). The van der Waals surface area contributed by atoms with Gasteiger partial charge < -0.3 is 9.47 Å². The molecule has 20 heavy (non-hydrogen) atoms. The minimum atomic E-state index is -4.78. The number of halogens is 4. The van der Waals surface area contributed by atoms with Gasteiger partial charge in [0.05, 0.1) is 24.3 Å². The van der Waals surface area contributed by atoms with Crippen LogP contribution in [0.2, 0.25) is 5.02 Å². The molecule has 110 valence electrons. The van der Waals surface area contributed by atoms with Gasteiger partial charge in [0.25, 0.3) is 5.78 Å². The molecular formula is C12H10ClF3O4. The predicted octanol–water partition coefficient (Wildman–Crippen LogP) is 3.11. The number of ketones is 1. The van der Waals surface area contributed by atoms with Gasteiger partial charge in [-0.15, -0.1) is 0 Å². The Bertz CT molecular complexity index is 540. The third-order valence-electron chi connectivity index (χ3n) is 2.28. The van der Waals surface area contributed by atoms with E-state index in [0.717, 1.165) is 13.2 Å². The molecule has 1 aromatic rings. The van der Waals surface area contributed by atoms with Gasteiger partial charge in [0, 0.05) is 5.56 Å². The van der Waals surface area contributed by atoms with Crippen molar-refractivity contribution in [2.45, 2.75) is 13.1 Å². The highest BCUT2D eigenvalue weighted by Gasteiger charge is 2.37. The highest BCUT2D eigenvalue weighted by Crippen LogP contribution is 2.41. The maximum absolute atomic E-state index is 12.8. The third kappa shape index (κ3) is 3.41. The molecule has 0 fully saturated rings. The molecule has 0 heterocycles.